The highest BCUT2D eigenvalue weighted by atomic mass is 33.1. The van der Waals surface area contributed by atoms with E-state index in [9.17, 15) is 73.5 Å². The van der Waals surface area contributed by atoms with E-state index in [1.165, 1.54) is 35.4 Å². The van der Waals surface area contributed by atoms with Crippen LogP contribution in [0.1, 0.15) is 173 Å². The number of hydrogen-bond donors (Lipinski definition) is 9. The molecule has 24 heteroatoms. The summed E-state index contributed by atoms with van der Waals surface area (Å²) < 4.78 is 1.72. The molecule has 1 aromatic rings. The average molecular weight is 1190 g/mol. The van der Waals surface area contributed by atoms with Crippen LogP contribution in [0.2, 0.25) is 0 Å². The lowest BCUT2D eigenvalue weighted by Crippen LogP contribution is -2.52. The number of aliphatic carboxylic acids is 3. The zero-order valence-corrected chi connectivity index (χ0v) is 52.1. The molecule has 0 saturated heterocycles. The summed E-state index contributed by atoms with van der Waals surface area (Å²) in [6.07, 6.45) is 3.92. The second kappa shape index (κ2) is 39.5. The molecule has 0 aliphatic carbocycles. The molecule has 10 N–H and O–H groups in total. The number of aryl methyl sites for hydroxylation is 2. The number of amides is 4. The lowest BCUT2D eigenvalue weighted by molar-refractivity contribution is -0.145. The number of nitrogens with one attached hydrogen (secondary N) is 3. The molecule has 0 aliphatic rings. The topological polar surface area (TPSA) is 365 Å². The summed E-state index contributed by atoms with van der Waals surface area (Å²) in [5, 5.41) is 63.4. The van der Waals surface area contributed by atoms with Crippen LogP contribution in [0.4, 0.5) is 0 Å². The number of aliphatic hydroxyl groups is 2. The van der Waals surface area contributed by atoms with Gasteiger partial charge in [-0.15, -0.1) is 5.10 Å². The Morgan fingerprint density at radius 3 is 1.48 bits per heavy atom. The fourth-order valence-electron chi connectivity index (χ4n) is 9.18. The summed E-state index contributed by atoms with van der Waals surface area (Å²) in [4.78, 5) is 123. The minimum atomic E-state index is -1.41. The Labute approximate surface area is 488 Å². The van der Waals surface area contributed by atoms with E-state index >= 15 is 0 Å². The minimum absolute atomic E-state index is 0.0139. The van der Waals surface area contributed by atoms with Gasteiger partial charge in [-0.25, -0.2) is 4.79 Å². The number of unbranched alkanes of at least 4 members (excludes halogenated alkanes) is 1. The number of nitrogens with zero attached hydrogens (tertiary/aromatic N) is 3. The van der Waals surface area contributed by atoms with E-state index in [4.69, 9.17) is 5.73 Å². The van der Waals surface area contributed by atoms with Crippen molar-refractivity contribution in [3.8, 4) is 0 Å². The Hall–Kier alpha value is -4.94. The van der Waals surface area contributed by atoms with Crippen molar-refractivity contribution in [1.82, 2.24) is 30.9 Å². The van der Waals surface area contributed by atoms with Crippen molar-refractivity contribution in [2.24, 2.45) is 70.8 Å². The van der Waals surface area contributed by atoms with Gasteiger partial charge in [0.1, 0.15) is 17.6 Å². The molecule has 22 nitrogen and oxygen atoms in total. The van der Waals surface area contributed by atoms with Crippen LogP contribution in [0.3, 0.4) is 0 Å². The number of hydrogen-bond acceptors (Lipinski definition) is 16. The maximum atomic E-state index is 13.1. The number of ketones is 3. The summed E-state index contributed by atoms with van der Waals surface area (Å²) in [5.74, 6) is -7.79. The molecule has 0 saturated carbocycles. The fourth-order valence-corrected chi connectivity index (χ4v) is 11.7. The molecule has 10 atom stereocenters. The lowest BCUT2D eigenvalue weighted by Gasteiger charge is -2.24. The van der Waals surface area contributed by atoms with Crippen molar-refractivity contribution in [2.45, 2.75) is 211 Å². The van der Waals surface area contributed by atoms with Gasteiger partial charge in [0, 0.05) is 72.1 Å². The monoisotopic (exact) mass is 1190 g/mol. The van der Waals surface area contributed by atoms with Crippen molar-refractivity contribution in [1.29, 1.82) is 0 Å². The molecule has 0 radical (unpaired) electrons. The summed E-state index contributed by atoms with van der Waals surface area (Å²) in [7, 11) is 2.65. The second-order valence-corrected chi connectivity index (χ2v) is 26.4. The molecular formula is C57H99N7O15S2. The van der Waals surface area contributed by atoms with E-state index in [0.29, 0.717) is 62.9 Å². The Morgan fingerprint density at radius 1 is 0.543 bits per heavy atom. The number of carbonyl (C=O) groups is 10. The van der Waals surface area contributed by atoms with Crippen molar-refractivity contribution >= 4 is 80.5 Å². The maximum Gasteiger partial charge on any atom is 0.328 e. The first-order valence-corrected chi connectivity index (χ1v) is 31.0. The van der Waals surface area contributed by atoms with E-state index in [-0.39, 0.29) is 89.7 Å². The van der Waals surface area contributed by atoms with Crippen molar-refractivity contribution in [3.63, 3.8) is 0 Å². The molecule has 0 aromatic carbocycles. The van der Waals surface area contributed by atoms with E-state index < -0.39 is 89.6 Å². The number of aliphatic hydroxyl groups excluding tert-OH is 2. The van der Waals surface area contributed by atoms with Gasteiger partial charge in [0.15, 0.2) is 11.8 Å². The first-order valence-electron chi connectivity index (χ1n) is 28.5. The second-order valence-electron chi connectivity index (χ2n) is 23.8. The van der Waals surface area contributed by atoms with E-state index in [2.05, 4.69) is 26.3 Å². The first-order chi connectivity index (χ1) is 37.6. The van der Waals surface area contributed by atoms with Gasteiger partial charge in [0.05, 0.1) is 36.8 Å². The van der Waals surface area contributed by atoms with Gasteiger partial charge in [-0.2, -0.15) is 0 Å². The van der Waals surface area contributed by atoms with Gasteiger partial charge >= 0.3 is 17.9 Å². The van der Waals surface area contributed by atoms with Crippen LogP contribution in [-0.2, 0) is 60.9 Å². The minimum Gasteiger partial charge on any atom is -0.481 e. The van der Waals surface area contributed by atoms with Crippen LogP contribution in [0.15, 0.2) is 6.20 Å². The number of carbonyl (C=O) groups excluding carboxylic acids is 7. The van der Waals surface area contributed by atoms with Gasteiger partial charge in [-0.05, 0) is 88.9 Å². The van der Waals surface area contributed by atoms with Gasteiger partial charge in [0.2, 0.25) is 23.6 Å². The molecule has 464 valence electrons. The number of rotatable bonds is 42. The van der Waals surface area contributed by atoms with E-state index in [1.807, 2.05) is 61.6 Å². The highest BCUT2D eigenvalue weighted by molar-refractivity contribution is 8.76. The Kier molecular flexibility index (Phi) is 37.1. The molecule has 0 spiro atoms. The molecule has 1 rings (SSSR count). The normalized spacial score (nSPS) is 15.4. The predicted octanol–water partition coefficient (Wildman–Crippen LogP) is 6.16. The third kappa shape index (κ3) is 32.5. The van der Waals surface area contributed by atoms with Crippen LogP contribution in [0.25, 0.3) is 0 Å². The zero-order chi connectivity index (χ0) is 62.4. The fraction of sp³-hybridized carbons (Fsp3) is 0.789. The number of carboxylic acid groups (broad SMARTS) is 3. The van der Waals surface area contributed by atoms with Gasteiger partial charge in [-0.3, -0.25) is 47.8 Å². The Balaban J connectivity index is 0.00000161. The molecule has 0 unspecified atom stereocenters. The smallest absolute Gasteiger partial charge is 0.328 e. The highest BCUT2D eigenvalue weighted by Crippen LogP contribution is 2.30. The van der Waals surface area contributed by atoms with Crippen molar-refractivity contribution in [2.75, 3.05) is 11.5 Å². The third-order valence-electron chi connectivity index (χ3n) is 13.3. The Bertz CT molecular complexity index is 2150. The van der Waals surface area contributed by atoms with Crippen LogP contribution >= 0.6 is 21.6 Å². The standard InChI is InChI=1S/C32H55N5O7.C25H44N2O8S2/c1-19(2)14-24(32(44)34-29(22(7)38)31(33)43)10-8-9-13-37-18-26(35-36-37)12-11-23(30(42)21(5)6)16-27(39)25(15-20(3)4)17-28(40)41;1-13(2)8-17(10-20(29)30)23(32)26-19(22(31)15(5)6)12-37-36-11-18(9-14(3)4)24(33)27-21(16(7)28)25(34)35/h18-25,29,38H,8-17H2,1-7H3,(H2,33,43)(H,34,44)(H,40,41);13-19,21,28H,8-12H2,1-7H3,(H,26,32)(H,27,33)(H,29,30)(H,34,35)/t22-,23-,24-,25+,29+;16-,17+,18+,19+,21+/m11/s1. The largest absolute Gasteiger partial charge is 0.481 e. The summed E-state index contributed by atoms with van der Waals surface area (Å²) in [6, 6.07) is -3.35. The number of primary amides is 1. The van der Waals surface area contributed by atoms with Crippen LogP contribution in [-0.4, -0.2) is 141 Å². The lowest BCUT2D eigenvalue weighted by atomic mass is 9.81. The molecule has 4 amide bonds. The molecule has 1 aromatic heterocycles. The Morgan fingerprint density at radius 2 is 1.00 bits per heavy atom. The van der Waals surface area contributed by atoms with Crippen molar-refractivity contribution < 1.29 is 73.5 Å². The summed E-state index contributed by atoms with van der Waals surface area (Å²) >= 11 is 0. The third-order valence-corrected chi connectivity index (χ3v) is 15.8. The van der Waals surface area contributed by atoms with Crippen LogP contribution < -0.4 is 21.7 Å². The molecular weight excluding hydrogens is 1090 g/mol. The molecule has 0 aliphatic heterocycles. The van der Waals surface area contributed by atoms with Gasteiger partial charge in [-0.1, -0.05) is 116 Å². The van der Waals surface area contributed by atoms with Crippen molar-refractivity contribution in [3.05, 3.63) is 11.9 Å². The van der Waals surface area contributed by atoms with E-state index in [0.717, 1.165) is 12.8 Å². The van der Waals surface area contributed by atoms with Crippen LogP contribution in [0, 0.1) is 65.1 Å². The van der Waals surface area contributed by atoms with Gasteiger partial charge in [0.25, 0.3) is 0 Å². The zero-order valence-electron chi connectivity index (χ0n) is 50.5. The number of nitrogens with two attached hydrogens (primary N) is 1. The highest BCUT2D eigenvalue weighted by Gasteiger charge is 2.33. The van der Waals surface area contributed by atoms with Crippen LogP contribution in [0.5, 0.6) is 0 Å². The number of Topliss-reactive ketones (excluding diaryl/α,β-unsaturated/α-hetero) is 3. The van der Waals surface area contributed by atoms with E-state index in [1.54, 1.807) is 32.4 Å². The molecule has 1 heterocycles. The SMILES string of the molecule is CC(C)C[C@@H](CC(=O)O)C(=O)C[C@@H](CCc1cn(CCCC[C@H](CC(C)C)C(=O)N[C@H](C(N)=O)[C@@H](C)O)nn1)C(=O)C(C)C.CC(C)C[C@@H](CC(=O)O)C(=O)N[C@@H](CSSC[C@H](CC(C)C)C(=O)N[C@H](C(=O)O)[C@@H](C)O)C(=O)C(C)C. The molecule has 0 fully saturated rings. The average Bonchev–Trinajstić information content (AvgIpc) is 3.80. The first kappa shape index (κ1) is 76.1. The van der Waals surface area contributed by atoms with Gasteiger partial charge < -0.3 is 47.2 Å². The number of carboxylic acids is 3. The molecule has 81 heavy (non-hydrogen) atoms. The quantitative estimate of drug-likeness (QED) is 0.0261. The predicted molar refractivity (Wildman–Crippen MR) is 312 cm³/mol. The summed E-state index contributed by atoms with van der Waals surface area (Å²) in [6.45, 7) is 26.0. The number of aromatic nitrogens is 3. The molecule has 0 bridgehead atoms. The maximum absolute atomic E-state index is 13.1. The summed E-state index contributed by atoms with van der Waals surface area (Å²) in [5.41, 5.74) is 6.03.